The first-order valence-corrected chi connectivity index (χ1v) is 10.2. The molecule has 1 saturated carbocycles. The fourth-order valence-electron chi connectivity index (χ4n) is 3.56. The normalized spacial score (nSPS) is 16.2. The van der Waals surface area contributed by atoms with Crippen LogP contribution in [0.15, 0.2) is 35.3 Å². The Morgan fingerprint density at radius 3 is 2.55 bits per heavy atom. The van der Waals surface area contributed by atoms with Crippen molar-refractivity contribution in [2.75, 3.05) is 13.2 Å². The lowest BCUT2D eigenvalue weighted by molar-refractivity contribution is 0.265. The quantitative estimate of drug-likeness (QED) is 0.302. The minimum atomic E-state index is 0. The van der Waals surface area contributed by atoms with Crippen LogP contribution in [0.3, 0.4) is 0 Å². The zero-order valence-corrected chi connectivity index (χ0v) is 19.7. The van der Waals surface area contributed by atoms with Gasteiger partial charge in [0.1, 0.15) is 12.4 Å². The SMILES string of the molecule is Cc1nnc(CN=C(NCC(CO)c2ccccc2)NC2CCCCC2)n1C.I. The van der Waals surface area contributed by atoms with Gasteiger partial charge >= 0.3 is 0 Å². The first-order valence-electron chi connectivity index (χ1n) is 10.2. The minimum absolute atomic E-state index is 0. The number of halogens is 1. The number of aryl methyl sites for hydroxylation is 1. The van der Waals surface area contributed by atoms with Crippen molar-refractivity contribution in [3.8, 4) is 0 Å². The zero-order chi connectivity index (χ0) is 19.8. The summed E-state index contributed by atoms with van der Waals surface area (Å²) in [5.74, 6) is 2.52. The maximum Gasteiger partial charge on any atom is 0.191 e. The first kappa shape index (κ1) is 23.6. The number of aliphatic hydroxyl groups is 1. The maximum atomic E-state index is 9.84. The van der Waals surface area contributed by atoms with Crippen LogP contribution in [0.5, 0.6) is 0 Å². The molecule has 1 atom stereocenters. The molecule has 1 fully saturated rings. The lowest BCUT2D eigenvalue weighted by Gasteiger charge is -2.26. The standard InChI is InChI=1S/C21H32N6O.HI/c1-16-25-26-20(27(16)2)14-23-21(24-19-11-7-4-8-12-19)22-13-18(15-28)17-9-5-3-6-10-17;/h3,5-6,9-10,18-19,28H,4,7-8,11-15H2,1-2H3,(H2,22,23,24);1H. The molecule has 7 nitrogen and oxygen atoms in total. The van der Waals surface area contributed by atoms with Crippen LogP contribution in [0.1, 0.15) is 55.2 Å². The summed E-state index contributed by atoms with van der Waals surface area (Å²) in [5.41, 5.74) is 1.12. The molecular formula is C21H33IN6O. The first-order chi connectivity index (χ1) is 13.7. The summed E-state index contributed by atoms with van der Waals surface area (Å²) in [6.45, 7) is 3.12. The molecule has 29 heavy (non-hydrogen) atoms. The molecule has 1 heterocycles. The van der Waals surface area contributed by atoms with Crippen LogP contribution in [0.4, 0.5) is 0 Å². The predicted molar refractivity (Wildman–Crippen MR) is 127 cm³/mol. The summed E-state index contributed by atoms with van der Waals surface area (Å²) in [6, 6.07) is 10.6. The van der Waals surface area contributed by atoms with Gasteiger partial charge in [0.2, 0.25) is 0 Å². The molecule has 1 unspecified atom stereocenters. The van der Waals surface area contributed by atoms with E-state index in [0.29, 0.717) is 19.1 Å². The largest absolute Gasteiger partial charge is 0.396 e. The van der Waals surface area contributed by atoms with Gasteiger partial charge in [0.05, 0.1) is 6.61 Å². The number of rotatable bonds is 7. The monoisotopic (exact) mass is 512 g/mol. The number of nitrogens with zero attached hydrogens (tertiary/aromatic N) is 4. The zero-order valence-electron chi connectivity index (χ0n) is 17.3. The van der Waals surface area contributed by atoms with Gasteiger partial charge in [0, 0.05) is 25.6 Å². The second-order valence-electron chi connectivity index (χ2n) is 7.54. The van der Waals surface area contributed by atoms with Gasteiger partial charge in [-0.25, -0.2) is 4.99 Å². The van der Waals surface area contributed by atoms with Gasteiger partial charge in [-0.2, -0.15) is 0 Å². The average molecular weight is 512 g/mol. The molecule has 0 bridgehead atoms. The van der Waals surface area contributed by atoms with Crippen LogP contribution in [0.25, 0.3) is 0 Å². The summed E-state index contributed by atoms with van der Waals surface area (Å²) < 4.78 is 1.96. The lowest BCUT2D eigenvalue weighted by Crippen LogP contribution is -2.45. The highest BCUT2D eigenvalue weighted by Crippen LogP contribution is 2.17. The third-order valence-corrected chi connectivity index (χ3v) is 5.51. The van der Waals surface area contributed by atoms with E-state index in [1.807, 2.05) is 36.7 Å². The van der Waals surface area contributed by atoms with Gasteiger partial charge in [0.15, 0.2) is 11.8 Å². The minimum Gasteiger partial charge on any atom is -0.396 e. The summed E-state index contributed by atoms with van der Waals surface area (Å²) in [7, 11) is 1.96. The van der Waals surface area contributed by atoms with E-state index in [2.05, 4.69) is 33.0 Å². The molecule has 1 aliphatic carbocycles. The number of nitrogens with one attached hydrogen (secondary N) is 2. The van der Waals surface area contributed by atoms with Crippen molar-refractivity contribution >= 4 is 29.9 Å². The number of aromatic nitrogens is 3. The summed E-state index contributed by atoms with van der Waals surface area (Å²) in [6.07, 6.45) is 6.18. The van der Waals surface area contributed by atoms with Crippen molar-refractivity contribution in [2.24, 2.45) is 12.0 Å². The molecule has 1 aliphatic rings. The Balaban J connectivity index is 0.00000300. The molecule has 0 spiro atoms. The van der Waals surface area contributed by atoms with Gasteiger partial charge in [-0.15, -0.1) is 34.2 Å². The Bertz CT molecular complexity index is 758. The lowest BCUT2D eigenvalue weighted by atomic mass is 9.96. The number of guanidine groups is 1. The molecule has 0 amide bonds. The molecule has 2 aromatic rings. The van der Waals surface area contributed by atoms with Gasteiger partial charge in [-0.3, -0.25) is 0 Å². The summed E-state index contributed by atoms with van der Waals surface area (Å²) in [5, 5.41) is 25.2. The van der Waals surface area contributed by atoms with Crippen LogP contribution in [0.2, 0.25) is 0 Å². The number of benzene rings is 1. The molecule has 1 aromatic carbocycles. The Kier molecular flexibility index (Phi) is 9.86. The fraction of sp³-hybridized carbons (Fsp3) is 0.571. The van der Waals surface area contributed by atoms with Crippen LogP contribution in [0, 0.1) is 6.92 Å². The third-order valence-electron chi connectivity index (χ3n) is 5.51. The number of aliphatic hydroxyl groups excluding tert-OH is 1. The molecule has 160 valence electrons. The highest BCUT2D eigenvalue weighted by atomic mass is 127. The van der Waals surface area contributed by atoms with Crippen molar-refractivity contribution in [3.05, 3.63) is 47.5 Å². The Hall–Kier alpha value is -1.68. The van der Waals surface area contributed by atoms with E-state index in [9.17, 15) is 5.11 Å². The van der Waals surface area contributed by atoms with Crippen molar-refractivity contribution in [2.45, 2.75) is 57.5 Å². The van der Waals surface area contributed by atoms with E-state index in [1.54, 1.807) is 0 Å². The van der Waals surface area contributed by atoms with Gasteiger partial charge < -0.3 is 20.3 Å². The van der Waals surface area contributed by atoms with Crippen molar-refractivity contribution < 1.29 is 5.11 Å². The van der Waals surface area contributed by atoms with Crippen molar-refractivity contribution in [3.63, 3.8) is 0 Å². The smallest absolute Gasteiger partial charge is 0.191 e. The average Bonchev–Trinajstić information content (AvgIpc) is 3.06. The molecule has 8 heteroatoms. The molecule has 0 aliphatic heterocycles. The molecule has 0 saturated heterocycles. The van der Waals surface area contributed by atoms with E-state index in [1.165, 1.54) is 32.1 Å². The predicted octanol–water partition coefficient (Wildman–Crippen LogP) is 2.89. The van der Waals surface area contributed by atoms with E-state index >= 15 is 0 Å². The second kappa shape index (κ2) is 12.1. The van der Waals surface area contributed by atoms with Crippen LogP contribution in [-0.2, 0) is 13.6 Å². The highest BCUT2D eigenvalue weighted by molar-refractivity contribution is 14.0. The Labute approximate surface area is 190 Å². The topological polar surface area (TPSA) is 87.4 Å². The molecule has 3 N–H and O–H groups in total. The van der Waals surface area contributed by atoms with Crippen LogP contribution in [-0.4, -0.2) is 45.0 Å². The third kappa shape index (κ3) is 6.95. The Morgan fingerprint density at radius 1 is 1.21 bits per heavy atom. The molecular weight excluding hydrogens is 479 g/mol. The van der Waals surface area contributed by atoms with Gasteiger partial charge in [0.25, 0.3) is 0 Å². The molecule has 1 aromatic heterocycles. The molecule has 3 rings (SSSR count). The number of hydrogen-bond acceptors (Lipinski definition) is 4. The maximum absolute atomic E-state index is 9.84. The van der Waals surface area contributed by atoms with E-state index in [4.69, 9.17) is 4.99 Å². The van der Waals surface area contributed by atoms with Crippen LogP contribution >= 0.6 is 24.0 Å². The van der Waals surface area contributed by atoms with E-state index in [0.717, 1.165) is 23.2 Å². The van der Waals surface area contributed by atoms with Gasteiger partial charge in [-0.1, -0.05) is 49.6 Å². The second-order valence-corrected chi connectivity index (χ2v) is 7.54. The fourth-order valence-corrected chi connectivity index (χ4v) is 3.56. The molecule has 0 radical (unpaired) electrons. The van der Waals surface area contributed by atoms with Crippen LogP contribution < -0.4 is 10.6 Å². The van der Waals surface area contributed by atoms with Gasteiger partial charge in [-0.05, 0) is 25.3 Å². The van der Waals surface area contributed by atoms with E-state index < -0.39 is 0 Å². The Morgan fingerprint density at radius 2 is 1.93 bits per heavy atom. The summed E-state index contributed by atoms with van der Waals surface area (Å²) >= 11 is 0. The van der Waals surface area contributed by atoms with Crippen molar-refractivity contribution in [1.29, 1.82) is 0 Å². The number of hydrogen-bond donors (Lipinski definition) is 3. The van der Waals surface area contributed by atoms with Crippen molar-refractivity contribution in [1.82, 2.24) is 25.4 Å². The number of aliphatic imine (C=N–C) groups is 1. The summed E-state index contributed by atoms with van der Waals surface area (Å²) in [4.78, 5) is 4.75. The van der Waals surface area contributed by atoms with E-state index in [-0.39, 0.29) is 36.5 Å². The highest BCUT2D eigenvalue weighted by Gasteiger charge is 2.17.